The Morgan fingerprint density at radius 3 is 2.55 bits per heavy atom. The lowest BCUT2D eigenvalue weighted by molar-refractivity contribution is -0.137. The Bertz CT molecular complexity index is 647. The predicted molar refractivity (Wildman–Crippen MR) is 65.0 cm³/mol. The van der Waals surface area contributed by atoms with Crippen LogP contribution in [0.15, 0.2) is 30.5 Å². The van der Waals surface area contributed by atoms with Crippen LogP contribution in [0.3, 0.4) is 0 Å². The summed E-state index contributed by atoms with van der Waals surface area (Å²) in [7, 11) is 2.65. The largest absolute Gasteiger partial charge is 0.464 e. The number of carbonyl (C=O) groups excluding carboxylic acids is 1. The summed E-state index contributed by atoms with van der Waals surface area (Å²) in [6, 6.07) is 5.07. The molecule has 0 aliphatic carbocycles. The van der Waals surface area contributed by atoms with Gasteiger partial charge in [0.15, 0.2) is 0 Å². The van der Waals surface area contributed by atoms with Crippen molar-refractivity contribution >= 4 is 5.97 Å². The Kier molecular flexibility index (Phi) is 3.52. The van der Waals surface area contributed by atoms with Gasteiger partial charge < -0.3 is 9.30 Å². The summed E-state index contributed by atoms with van der Waals surface area (Å²) in [6.07, 6.45) is -3.30. The highest BCUT2D eigenvalue weighted by atomic mass is 19.4. The van der Waals surface area contributed by atoms with Crippen molar-refractivity contribution in [3.05, 3.63) is 41.7 Å². The van der Waals surface area contributed by atoms with E-state index in [1.54, 1.807) is 0 Å². The standard InChI is InChI=1S/C13H11F3N2O2/c1-18-10(12(19)20-2)7-17-11(18)8-5-3-4-6-9(8)13(14,15)16/h3-7H,1-2H3. The van der Waals surface area contributed by atoms with Crippen molar-refractivity contribution in [3.8, 4) is 11.4 Å². The summed E-state index contributed by atoms with van der Waals surface area (Å²) in [6.45, 7) is 0. The van der Waals surface area contributed by atoms with E-state index in [0.29, 0.717) is 0 Å². The number of esters is 1. The third-order valence-electron chi connectivity index (χ3n) is 2.86. The molecule has 0 saturated carbocycles. The molecule has 0 aliphatic rings. The molecule has 1 aromatic carbocycles. The summed E-state index contributed by atoms with van der Waals surface area (Å²) < 4.78 is 44.7. The maximum atomic E-state index is 13.0. The van der Waals surface area contributed by atoms with Crippen molar-refractivity contribution in [2.45, 2.75) is 6.18 Å². The molecule has 0 fully saturated rings. The number of ether oxygens (including phenoxy) is 1. The van der Waals surface area contributed by atoms with Gasteiger partial charge in [-0.05, 0) is 6.07 Å². The highest BCUT2D eigenvalue weighted by molar-refractivity contribution is 5.88. The van der Waals surface area contributed by atoms with E-state index in [0.717, 1.165) is 6.07 Å². The Morgan fingerprint density at radius 1 is 1.30 bits per heavy atom. The second kappa shape index (κ2) is 4.99. The Balaban J connectivity index is 2.59. The van der Waals surface area contributed by atoms with Gasteiger partial charge in [-0.2, -0.15) is 13.2 Å². The smallest absolute Gasteiger partial charge is 0.417 e. The van der Waals surface area contributed by atoms with E-state index in [1.165, 1.54) is 43.1 Å². The number of nitrogens with zero attached hydrogens (tertiary/aromatic N) is 2. The molecule has 0 amide bonds. The quantitative estimate of drug-likeness (QED) is 0.796. The molecule has 0 unspecified atom stereocenters. The molecule has 0 spiro atoms. The number of methoxy groups -OCH3 is 1. The molecule has 2 rings (SSSR count). The highest BCUT2D eigenvalue weighted by Crippen LogP contribution is 2.36. The van der Waals surface area contributed by atoms with E-state index < -0.39 is 17.7 Å². The minimum Gasteiger partial charge on any atom is -0.464 e. The molecule has 0 saturated heterocycles. The van der Waals surface area contributed by atoms with Crippen molar-refractivity contribution < 1.29 is 22.7 Å². The van der Waals surface area contributed by atoms with E-state index in [1.807, 2.05) is 0 Å². The maximum absolute atomic E-state index is 13.0. The number of hydrogen-bond donors (Lipinski definition) is 0. The zero-order chi connectivity index (χ0) is 14.9. The van der Waals surface area contributed by atoms with Gasteiger partial charge in [-0.15, -0.1) is 0 Å². The van der Waals surface area contributed by atoms with E-state index >= 15 is 0 Å². The first-order chi connectivity index (χ1) is 9.36. The molecule has 0 radical (unpaired) electrons. The molecule has 0 N–H and O–H groups in total. The third kappa shape index (κ3) is 2.38. The number of aromatic nitrogens is 2. The Hall–Kier alpha value is -2.31. The highest BCUT2D eigenvalue weighted by Gasteiger charge is 2.34. The summed E-state index contributed by atoms with van der Waals surface area (Å²) in [5.41, 5.74) is -0.803. The number of carbonyl (C=O) groups is 1. The van der Waals surface area contributed by atoms with Crippen molar-refractivity contribution in [1.29, 1.82) is 0 Å². The molecule has 1 aromatic heterocycles. The van der Waals surface area contributed by atoms with Crippen molar-refractivity contribution in [2.24, 2.45) is 7.05 Å². The van der Waals surface area contributed by atoms with Gasteiger partial charge in [0.25, 0.3) is 0 Å². The fourth-order valence-corrected chi connectivity index (χ4v) is 1.88. The summed E-state index contributed by atoms with van der Waals surface area (Å²) in [4.78, 5) is 15.3. The molecule has 2 aromatic rings. The lowest BCUT2D eigenvalue weighted by Gasteiger charge is -2.12. The van der Waals surface area contributed by atoms with Crippen LogP contribution in [0, 0.1) is 0 Å². The normalized spacial score (nSPS) is 11.4. The van der Waals surface area contributed by atoms with Gasteiger partial charge in [0.2, 0.25) is 0 Å². The van der Waals surface area contributed by atoms with Crippen LogP contribution in [0.5, 0.6) is 0 Å². The molecule has 7 heteroatoms. The van der Waals surface area contributed by atoms with Crippen LogP contribution in [-0.2, 0) is 18.0 Å². The second-order valence-electron chi connectivity index (χ2n) is 4.06. The average Bonchev–Trinajstić information content (AvgIpc) is 2.78. The lowest BCUT2D eigenvalue weighted by atomic mass is 10.1. The zero-order valence-corrected chi connectivity index (χ0v) is 10.7. The molecule has 106 valence electrons. The number of hydrogen-bond acceptors (Lipinski definition) is 3. The fourth-order valence-electron chi connectivity index (χ4n) is 1.88. The maximum Gasteiger partial charge on any atom is 0.417 e. The fraction of sp³-hybridized carbons (Fsp3) is 0.231. The van der Waals surface area contributed by atoms with E-state index in [-0.39, 0.29) is 17.1 Å². The van der Waals surface area contributed by atoms with Gasteiger partial charge in [0, 0.05) is 12.6 Å². The molecular formula is C13H11F3N2O2. The number of halogens is 3. The van der Waals surface area contributed by atoms with Gasteiger partial charge in [-0.3, -0.25) is 0 Å². The number of rotatable bonds is 2. The Morgan fingerprint density at radius 2 is 1.95 bits per heavy atom. The molecular weight excluding hydrogens is 273 g/mol. The topological polar surface area (TPSA) is 44.1 Å². The molecule has 0 bridgehead atoms. The molecule has 20 heavy (non-hydrogen) atoms. The Labute approximate surface area is 112 Å². The zero-order valence-electron chi connectivity index (χ0n) is 10.7. The first-order valence-electron chi connectivity index (χ1n) is 5.63. The van der Waals surface area contributed by atoms with Gasteiger partial charge in [0.05, 0.1) is 18.9 Å². The van der Waals surface area contributed by atoms with Gasteiger partial charge in [0.1, 0.15) is 11.5 Å². The van der Waals surface area contributed by atoms with E-state index in [4.69, 9.17) is 0 Å². The van der Waals surface area contributed by atoms with Crippen LogP contribution in [-0.4, -0.2) is 22.6 Å². The predicted octanol–water partition coefficient (Wildman–Crippen LogP) is 2.89. The first kappa shape index (κ1) is 14.1. The van der Waals surface area contributed by atoms with Crippen molar-refractivity contribution in [2.75, 3.05) is 7.11 Å². The van der Waals surface area contributed by atoms with Crippen LogP contribution >= 0.6 is 0 Å². The number of benzene rings is 1. The second-order valence-corrected chi connectivity index (χ2v) is 4.06. The molecule has 4 nitrogen and oxygen atoms in total. The van der Waals surface area contributed by atoms with Crippen LogP contribution in [0.2, 0.25) is 0 Å². The molecule has 1 heterocycles. The van der Waals surface area contributed by atoms with E-state index in [2.05, 4.69) is 9.72 Å². The summed E-state index contributed by atoms with van der Waals surface area (Å²) in [5.74, 6) is -0.603. The average molecular weight is 284 g/mol. The first-order valence-corrected chi connectivity index (χ1v) is 5.63. The van der Waals surface area contributed by atoms with Gasteiger partial charge >= 0.3 is 12.1 Å². The van der Waals surface area contributed by atoms with E-state index in [9.17, 15) is 18.0 Å². The van der Waals surface area contributed by atoms with Crippen LogP contribution in [0.25, 0.3) is 11.4 Å². The van der Waals surface area contributed by atoms with Crippen LogP contribution in [0.1, 0.15) is 16.1 Å². The van der Waals surface area contributed by atoms with Crippen LogP contribution in [0.4, 0.5) is 13.2 Å². The molecule has 0 aliphatic heterocycles. The van der Waals surface area contributed by atoms with Gasteiger partial charge in [-0.1, -0.05) is 18.2 Å². The molecule has 0 atom stereocenters. The van der Waals surface area contributed by atoms with Crippen molar-refractivity contribution in [1.82, 2.24) is 9.55 Å². The van der Waals surface area contributed by atoms with Crippen molar-refractivity contribution in [3.63, 3.8) is 0 Å². The third-order valence-corrected chi connectivity index (χ3v) is 2.86. The summed E-state index contributed by atoms with van der Waals surface area (Å²) >= 11 is 0. The number of alkyl halides is 3. The SMILES string of the molecule is COC(=O)c1cnc(-c2ccccc2C(F)(F)F)n1C. The lowest BCUT2D eigenvalue weighted by Crippen LogP contribution is -2.11. The van der Waals surface area contributed by atoms with Crippen LogP contribution < -0.4 is 0 Å². The monoisotopic (exact) mass is 284 g/mol. The minimum absolute atomic E-state index is 0.0540. The van der Waals surface area contributed by atoms with Gasteiger partial charge in [-0.25, -0.2) is 9.78 Å². The number of imidazole rings is 1. The summed E-state index contributed by atoms with van der Waals surface area (Å²) in [5, 5.41) is 0. The minimum atomic E-state index is -4.49.